The van der Waals surface area contributed by atoms with Crippen LogP contribution in [0.25, 0.3) is 98.1 Å². The Balaban J connectivity index is 0.990. The first-order chi connectivity index (χ1) is 34.3. The highest BCUT2D eigenvalue weighted by atomic mass is 32.1. The highest BCUT2D eigenvalue weighted by Gasteiger charge is 2.34. The molecule has 2 aliphatic rings. The number of hydrogen-bond acceptors (Lipinski definition) is 3. The van der Waals surface area contributed by atoms with E-state index >= 15 is 0 Å². The van der Waals surface area contributed by atoms with Crippen molar-refractivity contribution in [2.24, 2.45) is 0 Å². The molecule has 0 aliphatic carbocycles. The van der Waals surface area contributed by atoms with Gasteiger partial charge in [-0.05, 0) is 72.8 Å². The molecule has 3 aromatic heterocycles. The van der Waals surface area contributed by atoms with Crippen LogP contribution in [0.3, 0.4) is 0 Å². The molecule has 2 aliphatic heterocycles. The molecule has 0 fully saturated rings. The SMILES string of the molecule is c1ccc(-n2c3c(c4ccccc42)-c2ccccc2N(c2cccc4c2sc2c(N5c6ccccc6-c6c(n(-c7ccccc7)c7ccccc67)-c6ccccc65)cccc24)c2ccccc2-3)cc1. The number of hydrogen-bond donors (Lipinski definition) is 0. The molecule has 10 aromatic carbocycles. The molecule has 0 bridgehead atoms. The van der Waals surface area contributed by atoms with E-state index < -0.39 is 0 Å². The van der Waals surface area contributed by atoms with Crippen LogP contribution in [0.2, 0.25) is 0 Å². The molecule has 0 saturated heterocycles. The van der Waals surface area contributed by atoms with Crippen LogP contribution >= 0.6 is 11.3 Å². The lowest BCUT2D eigenvalue weighted by molar-refractivity contribution is 1.13. The lowest BCUT2D eigenvalue weighted by Crippen LogP contribution is -2.11. The average molecular weight is 897 g/mol. The molecule has 322 valence electrons. The highest BCUT2D eigenvalue weighted by Crippen LogP contribution is 2.59. The topological polar surface area (TPSA) is 16.3 Å². The summed E-state index contributed by atoms with van der Waals surface area (Å²) in [5.74, 6) is 0. The lowest BCUT2D eigenvalue weighted by atomic mass is 9.98. The molecule has 69 heavy (non-hydrogen) atoms. The van der Waals surface area contributed by atoms with Crippen molar-refractivity contribution >= 4 is 87.4 Å². The number of fused-ring (bicyclic) bond motifs is 17. The van der Waals surface area contributed by atoms with Crippen molar-refractivity contribution in [2.75, 3.05) is 9.80 Å². The normalized spacial score (nSPS) is 12.6. The summed E-state index contributed by atoms with van der Waals surface area (Å²) < 4.78 is 7.42. The van der Waals surface area contributed by atoms with Gasteiger partial charge in [-0.3, -0.25) is 0 Å². The molecule has 4 nitrogen and oxygen atoms in total. The van der Waals surface area contributed by atoms with Crippen LogP contribution in [-0.2, 0) is 0 Å². The van der Waals surface area contributed by atoms with Gasteiger partial charge < -0.3 is 18.9 Å². The second kappa shape index (κ2) is 14.8. The van der Waals surface area contributed by atoms with Gasteiger partial charge >= 0.3 is 0 Å². The fourth-order valence-corrected chi connectivity index (χ4v) is 13.0. The molecule has 0 saturated carbocycles. The minimum atomic E-state index is 1.14. The maximum Gasteiger partial charge on any atom is 0.0641 e. The van der Waals surface area contributed by atoms with Gasteiger partial charge in [0.05, 0.1) is 65.9 Å². The fourth-order valence-electron chi connectivity index (χ4n) is 11.6. The van der Waals surface area contributed by atoms with E-state index in [1.54, 1.807) is 0 Å². The Morgan fingerprint density at radius 1 is 0.246 bits per heavy atom. The van der Waals surface area contributed by atoms with Crippen LogP contribution in [-0.4, -0.2) is 9.13 Å². The van der Waals surface area contributed by atoms with Gasteiger partial charge in [-0.15, -0.1) is 11.3 Å². The zero-order valence-electron chi connectivity index (χ0n) is 37.3. The third-order valence-electron chi connectivity index (χ3n) is 14.4. The minimum absolute atomic E-state index is 1.14. The van der Waals surface area contributed by atoms with Crippen LogP contribution < -0.4 is 9.80 Å². The van der Waals surface area contributed by atoms with Gasteiger partial charge in [0.1, 0.15) is 0 Å². The van der Waals surface area contributed by atoms with Crippen molar-refractivity contribution in [1.29, 1.82) is 0 Å². The Morgan fingerprint density at radius 3 is 1.00 bits per heavy atom. The first-order valence-corrected chi connectivity index (χ1v) is 24.4. The lowest BCUT2D eigenvalue weighted by Gasteiger charge is -2.28. The maximum absolute atomic E-state index is 2.53. The number of nitrogens with zero attached hydrogens (tertiary/aromatic N) is 4. The zero-order valence-corrected chi connectivity index (χ0v) is 38.1. The minimum Gasteiger partial charge on any atom is -0.309 e. The standard InChI is InChI=1S/C64H40N4S/c1-3-21-41(22-4-1)65-51-33-13-7-25-45(51)59-47-27-9-15-35-53(47)67(55-37-17-11-29-49(55)61(59)65)57-39-19-31-43-44-32-20-40-58(64(44)69-63(43)57)68-54-36-16-10-28-48(54)60-46-26-8-14-34-52(46)66(42-23-5-2-6-24-42)62(60)50-30-12-18-38-56(50)68/h1-40H. The van der Waals surface area contributed by atoms with Crippen molar-refractivity contribution in [3.05, 3.63) is 243 Å². The van der Waals surface area contributed by atoms with Crippen LogP contribution in [0, 0.1) is 0 Å². The predicted molar refractivity (Wildman–Crippen MR) is 291 cm³/mol. The zero-order chi connectivity index (χ0) is 45.2. The van der Waals surface area contributed by atoms with E-state index in [2.05, 4.69) is 262 Å². The van der Waals surface area contributed by atoms with Gasteiger partial charge in [0.15, 0.2) is 0 Å². The molecular formula is C64H40N4S. The van der Waals surface area contributed by atoms with Crippen molar-refractivity contribution in [2.45, 2.75) is 0 Å². The second-order valence-corrected chi connectivity index (χ2v) is 19.0. The van der Waals surface area contributed by atoms with Crippen molar-refractivity contribution in [3.63, 3.8) is 0 Å². The molecule has 15 rings (SSSR count). The summed E-state index contributed by atoms with van der Waals surface area (Å²) in [7, 11) is 0. The largest absolute Gasteiger partial charge is 0.309 e. The Hall–Kier alpha value is -8.90. The number of para-hydroxylation sites is 8. The number of aromatic nitrogens is 2. The first kappa shape index (κ1) is 38.2. The van der Waals surface area contributed by atoms with Gasteiger partial charge in [0, 0.05) is 66.3 Å². The summed E-state index contributed by atoms with van der Waals surface area (Å²) >= 11 is 1.90. The van der Waals surface area contributed by atoms with Gasteiger partial charge in [0.2, 0.25) is 0 Å². The van der Waals surface area contributed by atoms with Gasteiger partial charge in [-0.1, -0.05) is 170 Å². The van der Waals surface area contributed by atoms with Crippen LogP contribution in [0.1, 0.15) is 0 Å². The molecule has 5 heterocycles. The van der Waals surface area contributed by atoms with E-state index in [4.69, 9.17) is 0 Å². The van der Waals surface area contributed by atoms with Crippen LogP contribution in [0.5, 0.6) is 0 Å². The smallest absolute Gasteiger partial charge is 0.0641 e. The summed E-state index contributed by atoms with van der Waals surface area (Å²) in [6.45, 7) is 0. The Bertz CT molecular complexity index is 3940. The number of benzene rings is 10. The molecular weight excluding hydrogens is 857 g/mol. The van der Waals surface area contributed by atoms with E-state index in [1.165, 1.54) is 86.7 Å². The Morgan fingerprint density at radius 2 is 0.565 bits per heavy atom. The maximum atomic E-state index is 2.53. The van der Waals surface area contributed by atoms with E-state index in [-0.39, 0.29) is 0 Å². The van der Waals surface area contributed by atoms with Gasteiger partial charge in [0.25, 0.3) is 0 Å². The number of rotatable bonds is 4. The quantitative estimate of drug-likeness (QED) is 0.175. The summed E-state index contributed by atoms with van der Waals surface area (Å²) in [5, 5.41) is 4.95. The van der Waals surface area contributed by atoms with E-state index in [9.17, 15) is 0 Å². The number of thiophene rings is 1. The van der Waals surface area contributed by atoms with Crippen LogP contribution in [0.4, 0.5) is 34.1 Å². The first-order valence-electron chi connectivity index (χ1n) is 23.6. The molecule has 0 unspecified atom stereocenters. The fraction of sp³-hybridized carbons (Fsp3) is 0. The summed E-state index contributed by atoms with van der Waals surface area (Å²) in [5.41, 5.74) is 21.3. The Labute approximate surface area is 403 Å². The molecule has 0 atom stereocenters. The molecule has 13 aromatic rings. The third-order valence-corrected chi connectivity index (χ3v) is 15.6. The Kier molecular flexibility index (Phi) is 8.20. The third kappa shape index (κ3) is 5.39. The second-order valence-electron chi connectivity index (χ2n) is 18.0. The number of anilines is 6. The van der Waals surface area contributed by atoms with E-state index in [1.807, 2.05) is 11.3 Å². The summed E-state index contributed by atoms with van der Waals surface area (Å²) in [4.78, 5) is 5.07. The van der Waals surface area contributed by atoms with Crippen LogP contribution in [0.15, 0.2) is 243 Å². The molecule has 0 spiro atoms. The van der Waals surface area contributed by atoms with E-state index in [0.717, 1.165) is 45.5 Å². The van der Waals surface area contributed by atoms with Crippen molar-refractivity contribution < 1.29 is 0 Å². The summed E-state index contributed by atoms with van der Waals surface area (Å²) in [6, 6.07) is 89.2. The molecule has 0 amide bonds. The highest BCUT2D eigenvalue weighted by molar-refractivity contribution is 7.27. The van der Waals surface area contributed by atoms with Gasteiger partial charge in [-0.25, -0.2) is 0 Å². The summed E-state index contributed by atoms with van der Waals surface area (Å²) in [6.07, 6.45) is 0. The van der Waals surface area contributed by atoms with Crippen molar-refractivity contribution in [3.8, 4) is 56.1 Å². The van der Waals surface area contributed by atoms with E-state index in [0.29, 0.717) is 0 Å². The average Bonchev–Trinajstić information content (AvgIpc) is 4.04. The molecule has 0 N–H and O–H groups in total. The molecule has 0 radical (unpaired) electrons. The van der Waals surface area contributed by atoms with Gasteiger partial charge in [-0.2, -0.15) is 0 Å². The predicted octanol–water partition coefficient (Wildman–Crippen LogP) is 18.2. The van der Waals surface area contributed by atoms with Crippen molar-refractivity contribution in [1.82, 2.24) is 9.13 Å². The molecule has 5 heteroatoms. The monoisotopic (exact) mass is 896 g/mol.